The first-order valence-electron chi connectivity index (χ1n) is 6.88. The summed E-state index contributed by atoms with van der Waals surface area (Å²) in [6.07, 6.45) is 0. The molecule has 0 aliphatic rings. The van der Waals surface area contributed by atoms with E-state index >= 15 is 0 Å². The Bertz CT molecular complexity index is 853. The van der Waals surface area contributed by atoms with Gasteiger partial charge in [0.05, 0.1) is 0 Å². The number of ether oxygens (including phenoxy) is 1. The minimum atomic E-state index is -0.492. The van der Waals surface area contributed by atoms with Crippen LogP contribution in [0, 0.1) is 11.6 Å². The van der Waals surface area contributed by atoms with Crippen molar-refractivity contribution >= 4 is 22.4 Å². The Balaban J connectivity index is 1.59. The average molecular weight is 347 g/mol. The van der Waals surface area contributed by atoms with Gasteiger partial charge in [0.2, 0.25) is 5.13 Å². The van der Waals surface area contributed by atoms with Gasteiger partial charge in [0.15, 0.2) is 5.01 Å². The van der Waals surface area contributed by atoms with Crippen molar-refractivity contribution < 1.29 is 18.3 Å². The van der Waals surface area contributed by atoms with Gasteiger partial charge in [-0.15, -0.1) is 10.2 Å². The lowest BCUT2D eigenvalue weighted by Gasteiger charge is -2.02. The van der Waals surface area contributed by atoms with Gasteiger partial charge in [0.1, 0.15) is 24.0 Å². The molecule has 1 heterocycles. The Hall–Kier alpha value is -2.87. The highest BCUT2D eigenvalue weighted by molar-refractivity contribution is 7.15. The fraction of sp³-hybridized carbons (Fsp3) is 0.0625. The molecule has 0 saturated heterocycles. The topological polar surface area (TPSA) is 64.1 Å². The van der Waals surface area contributed by atoms with Crippen LogP contribution >= 0.6 is 11.3 Å². The van der Waals surface area contributed by atoms with Gasteiger partial charge in [-0.1, -0.05) is 17.4 Å². The number of nitrogens with zero attached hydrogens (tertiary/aromatic N) is 2. The molecule has 0 fully saturated rings. The van der Waals surface area contributed by atoms with E-state index in [0.29, 0.717) is 10.8 Å². The molecule has 0 bridgehead atoms. The summed E-state index contributed by atoms with van der Waals surface area (Å²) >= 11 is 1.14. The number of hydrogen-bond donors (Lipinski definition) is 1. The maximum atomic E-state index is 13.1. The van der Waals surface area contributed by atoms with Gasteiger partial charge in [-0.05, 0) is 42.5 Å². The van der Waals surface area contributed by atoms with Crippen molar-refractivity contribution in [2.45, 2.75) is 6.61 Å². The fourth-order valence-electron chi connectivity index (χ4n) is 1.84. The molecule has 0 saturated carbocycles. The highest BCUT2D eigenvalue weighted by atomic mass is 32.1. The second-order valence-corrected chi connectivity index (χ2v) is 5.77. The van der Waals surface area contributed by atoms with E-state index in [2.05, 4.69) is 15.5 Å². The molecule has 0 radical (unpaired) electrons. The third kappa shape index (κ3) is 4.11. The summed E-state index contributed by atoms with van der Waals surface area (Å²) in [7, 11) is 0. The molecule has 8 heteroatoms. The quantitative estimate of drug-likeness (QED) is 0.765. The molecule has 0 unspecified atom stereocenters. The molecule has 2 aromatic carbocycles. The van der Waals surface area contributed by atoms with E-state index < -0.39 is 11.7 Å². The molecule has 0 spiro atoms. The van der Waals surface area contributed by atoms with Gasteiger partial charge in [0, 0.05) is 5.56 Å². The van der Waals surface area contributed by atoms with E-state index in [4.69, 9.17) is 4.74 Å². The number of hydrogen-bond acceptors (Lipinski definition) is 5. The number of carbonyl (C=O) groups is 1. The first kappa shape index (κ1) is 16.0. The third-order valence-electron chi connectivity index (χ3n) is 2.95. The van der Waals surface area contributed by atoms with Crippen molar-refractivity contribution in [2.24, 2.45) is 0 Å². The van der Waals surface area contributed by atoms with Crippen LogP contribution in [0.4, 0.5) is 13.9 Å². The molecule has 1 N–H and O–H groups in total. The number of anilines is 1. The molecule has 0 aliphatic carbocycles. The predicted octanol–water partition coefficient (Wildman–Crippen LogP) is 3.65. The van der Waals surface area contributed by atoms with Crippen LogP contribution in [0.25, 0.3) is 0 Å². The summed E-state index contributed by atoms with van der Waals surface area (Å²) in [6.45, 7) is 0.138. The Kier molecular flexibility index (Phi) is 4.76. The average Bonchev–Trinajstić information content (AvgIpc) is 3.02. The van der Waals surface area contributed by atoms with Crippen LogP contribution in [0.3, 0.4) is 0 Å². The van der Waals surface area contributed by atoms with Crippen molar-refractivity contribution in [1.29, 1.82) is 0 Å². The molecule has 24 heavy (non-hydrogen) atoms. The van der Waals surface area contributed by atoms with Crippen LogP contribution in [0.5, 0.6) is 5.75 Å². The normalized spacial score (nSPS) is 10.4. The summed E-state index contributed by atoms with van der Waals surface area (Å²) in [4.78, 5) is 12.0. The van der Waals surface area contributed by atoms with Crippen molar-refractivity contribution in [1.82, 2.24) is 10.2 Å². The van der Waals surface area contributed by atoms with E-state index in [1.54, 1.807) is 0 Å². The van der Waals surface area contributed by atoms with Gasteiger partial charge in [-0.25, -0.2) is 8.78 Å². The highest BCUT2D eigenvalue weighted by Crippen LogP contribution is 2.19. The number of rotatable bonds is 5. The zero-order chi connectivity index (χ0) is 16.9. The second-order valence-electron chi connectivity index (χ2n) is 4.71. The third-order valence-corrected chi connectivity index (χ3v) is 3.76. The number of aromatic nitrogens is 2. The lowest BCUT2D eigenvalue weighted by molar-refractivity contribution is 0.102. The molecule has 3 aromatic rings. The van der Waals surface area contributed by atoms with E-state index in [9.17, 15) is 13.6 Å². The predicted molar refractivity (Wildman–Crippen MR) is 85.0 cm³/mol. The van der Waals surface area contributed by atoms with Crippen molar-refractivity contribution in [3.8, 4) is 5.75 Å². The van der Waals surface area contributed by atoms with E-state index in [1.807, 2.05) is 0 Å². The number of benzene rings is 2. The number of halogens is 2. The molecule has 1 aromatic heterocycles. The van der Waals surface area contributed by atoms with Crippen LogP contribution < -0.4 is 10.1 Å². The molecule has 3 rings (SSSR count). The molecular weight excluding hydrogens is 336 g/mol. The van der Waals surface area contributed by atoms with Crippen LogP contribution in [-0.4, -0.2) is 16.1 Å². The Morgan fingerprint density at radius 2 is 1.88 bits per heavy atom. The van der Waals surface area contributed by atoms with Gasteiger partial charge in [-0.3, -0.25) is 10.1 Å². The minimum Gasteiger partial charge on any atom is -0.486 e. The second kappa shape index (κ2) is 7.14. The standard InChI is InChI=1S/C16H11F2N3O2S/c17-11-4-6-13(7-5-11)23-9-14-20-21-16(24-14)19-15(22)10-2-1-3-12(18)8-10/h1-8H,9H2,(H,19,21,22). The lowest BCUT2D eigenvalue weighted by atomic mass is 10.2. The summed E-state index contributed by atoms with van der Waals surface area (Å²) in [5, 5.41) is 11.1. The number of nitrogens with one attached hydrogen (secondary N) is 1. The minimum absolute atomic E-state index is 0.138. The number of carbonyl (C=O) groups excluding carboxylic acids is 1. The maximum absolute atomic E-state index is 13.1. The highest BCUT2D eigenvalue weighted by Gasteiger charge is 2.11. The van der Waals surface area contributed by atoms with Gasteiger partial charge < -0.3 is 4.74 Å². The smallest absolute Gasteiger partial charge is 0.257 e. The molecule has 122 valence electrons. The van der Waals surface area contributed by atoms with Gasteiger partial charge >= 0.3 is 0 Å². The monoisotopic (exact) mass is 347 g/mol. The van der Waals surface area contributed by atoms with Crippen LogP contribution in [0.2, 0.25) is 0 Å². The zero-order valence-electron chi connectivity index (χ0n) is 12.2. The Morgan fingerprint density at radius 3 is 2.62 bits per heavy atom. The SMILES string of the molecule is O=C(Nc1nnc(COc2ccc(F)cc2)s1)c1cccc(F)c1. The summed E-state index contributed by atoms with van der Waals surface area (Å²) in [5.74, 6) is -0.817. The molecule has 1 amide bonds. The van der Waals surface area contributed by atoms with Crippen LogP contribution in [-0.2, 0) is 6.61 Å². The lowest BCUT2D eigenvalue weighted by Crippen LogP contribution is -2.11. The fourth-order valence-corrected chi connectivity index (χ4v) is 2.49. The Morgan fingerprint density at radius 1 is 1.08 bits per heavy atom. The van der Waals surface area contributed by atoms with Crippen molar-refractivity contribution in [3.63, 3.8) is 0 Å². The maximum Gasteiger partial charge on any atom is 0.257 e. The molecule has 0 aliphatic heterocycles. The molecular formula is C16H11F2N3O2S. The number of amides is 1. The van der Waals surface area contributed by atoms with Gasteiger partial charge in [0.25, 0.3) is 5.91 Å². The van der Waals surface area contributed by atoms with E-state index in [-0.39, 0.29) is 23.1 Å². The Labute approximate surface area is 139 Å². The van der Waals surface area contributed by atoms with E-state index in [0.717, 1.165) is 17.4 Å². The zero-order valence-corrected chi connectivity index (χ0v) is 13.0. The summed E-state index contributed by atoms with van der Waals surface area (Å²) in [5.41, 5.74) is 0.189. The van der Waals surface area contributed by atoms with Crippen molar-refractivity contribution in [2.75, 3.05) is 5.32 Å². The van der Waals surface area contributed by atoms with Crippen LogP contribution in [0.1, 0.15) is 15.4 Å². The summed E-state index contributed by atoms with van der Waals surface area (Å²) in [6, 6.07) is 10.9. The molecule has 0 atom stereocenters. The largest absolute Gasteiger partial charge is 0.486 e. The first-order valence-corrected chi connectivity index (χ1v) is 7.69. The van der Waals surface area contributed by atoms with Crippen LogP contribution in [0.15, 0.2) is 48.5 Å². The first-order chi connectivity index (χ1) is 11.6. The summed E-state index contributed by atoms with van der Waals surface area (Å²) < 4.78 is 31.4. The molecule has 5 nitrogen and oxygen atoms in total. The van der Waals surface area contributed by atoms with Gasteiger partial charge in [-0.2, -0.15) is 0 Å². The van der Waals surface area contributed by atoms with E-state index in [1.165, 1.54) is 42.5 Å². The van der Waals surface area contributed by atoms with Crippen molar-refractivity contribution in [3.05, 3.63) is 70.7 Å².